The normalized spacial score (nSPS) is 10.3. The molecule has 2 amide bonds. The fourth-order valence-electron chi connectivity index (χ4n) is 2.65. The summed E-state index contributed by atoms with van der Waals surface area (Å²) in [6.07, 6.45) is 0.910. The summed E-state index contributed by atoms with van der Waals surface area (Å²) >= 11 is 0. The third kappa shape index (κ3) is 7.09. The van der Waals surface area contributed by atoms with Crippen LogP contribution in [0, 0.1) is 5.82 Å². The monoisotopic (exact) mass is 372 g/mol. The van der Waals surface area contributed by atoms with Crippen molar-refractivity contribution in [2.45, 2.75) is 26.3 Å². The lowest BCUT2D eigenvalue weighted by atomic mass is 10.1. The van der Waals surface area contributed by atoms with Crippen molar-refractivity contribution in [1.82, 2.24) is 10.2 Å². The molecule has 6 heteroatoms. The molecule has 0 atom stereocenters. The molecular formula is C21H25FN2O3. The number of halogens is 1. The number of amides is 2. The highest BCUT2D eigenvalue weighted by molar-refractivity contribution is 5.78. The topological polar surface area (TPSA) is 58.6 Å². The molecule has 0 fully saturated rings. The number of ether oxygens (including phenoxy) is 1. The second-order valence-corrected chi connectivity index (χ2v) is 6.26. The van der Waals surface area contributed by atoms with Crippen molar-refractivity contribution in [3.05, 3.63) is 65.5 Å². The van der Waals surface area contributed by atoms with Gasteiger partial charge < -0.3 is 15.0 Å². The molecule has 0 aromatic heterocycles. The van der Waals surface area contributed by atoms with E-state index in [1.165, 1.54) is 19.1 Å². The van der Waals surface area contributed by atoms with Crippen molar-refractivity contribution < 1.29 is 18.7 Å². The number of carbonyl (C=O) groups excluding carboxylic acids is 2. The van der Waals surface area contributed by atoms with Gasteiger partial charge in [0.15, 0.2) is 0 Å². The quantitative estimate of drug-likeness (QED) is 0.736. The van der Waals surface area contributed by atoms with Crippen molar-refractivity contribution in [2.75, 3.05) is 20.2 Å². The van der Waals surface area contributed by atoms with Gasteiger partial charge >= 0.3 is 0 Å². The van der Waals surface area contributed by atoms with Gasteiger partial charge in [0.1, 0.15) is 11.6 Å². The van der Waals surface area contributed by atoms with Crippen molar-refractivity contribution in [3.63, 3.8) is 0 Å². The SMILES string of the molecule is COc1cccc(CCN(CCC(=O)NCc2ccc(F)cc2)C(C)=O)c1. The number of nitrogens with zero attached hydrogens (tertiary/aromatic N) is 1. The molecule has 0 heterocycles. The average Bonchev–Trinajstić information content (AvgIpc) is 2.67. The van der Waals surface area contributed by atoms with Gasteiger partial charge in [-0.05, 0) is 41.8 Å². The molecule has 144 valence electrons. The molecule has 2 aromatic carbocycles. The molecule has 0 spiro atoms. The van der Waals surface area contributed by atoms with Crippen molar-refractivity contribution in [2.24, 2.45) is 0 Å². The van der Waals surface area contributed by atoms with Crippen LogP contribution in [0.25, 0.3) is 0 Å². The molecule has 0 aliphatic rings. The smallest absolute Gasteiger partial charge is 0.222 e. The number of hydrogen-bond acceptors (Lipinski definition) is 3. The van der Waals surface area contributed by atoms with E-state index in [-0.39, 0.29) is 24.1 Å². The molecule has 0 saturated carbocycles. The van der Waals surface area contributed by atoms with Gasteiger partial charge in [0.25, 0.3) is 0 Å². The van der Waals surface area contributed by atoms with Crippen LogP contribution in [0.5, 0.6) is 5.75 Å². The van der Waals surface area contributed by atoms with E-state index in [0.29, 0.717) is 26.1 Å². The van der Waals surface area contributed by atoms with Gasteiger partial charge in [0.2, 0.25) is 11.8 Å². The van der Waals surface area contributed by atoms with Crippen LogP contribution in [-0.2, 0) is 22.6 Å². The van der Waals surface area contributed by atoms with E-state index in [1.54, 1.807) is 24.1 Å². The van der Waals surface area contributed by atoms with E-state index in [2.05, 4.69) is 5.32 Å². The van der Waals surface area contributed by atoms with Crippen LogP contribution in [0.3, 0.4) is 0 Å². The molecular weight excluding hydrogens is 347 g/mol. The zero-order chi connectivity index (χ0) is 19.6. The number of nitrogens with one attached hydrogen (secondary N) is 1. The Bertz CT molecular complexity index is 762. The Morgan fingerprint density at radius 3 is 2.48 bits per heavy atom. The van der Waals surface area contributed by atoms with Gasteiger partial charge in [0.05, 0.1) is 7.11 Å². The van der Waals surface area contributed by atoms with Crippen molar-refractivity contribution in [1.29, 1.82) is 0 Å². The van der Waals surface area contributed by atoms with Crippen molar-refractivity contribution in [3.8, 4) is 5.75 Å². The van der Waals surface area contributed by atoms with Gasteiger partial charge in [-0.15, -0.1) is 0 Å². The Morgan fingerprint density at radius 2 is 1.81 bits per heavy atom. The minimum absolute atomic E-state index is 0.0655. The second-order valence-electron chi connectivity index (χ2n) is 6.26. The van der Waals surface area contributed by atoms with E-state index in [1.807, 2.05) is 24.3 Å². The van der Waals surface area contributed by atoms with Crippen molar-refractivity contribution >= 4 is 11.8 Å². The summed E-state index contributed by atoms with van der Waals surface area (Å²) in [5, 5.41) is 2.79. The molecule has 0 aliphatic heterocycles. The fraction of sp³-hybridized carbons (Fsp3) is 0.333. The maximum atomic E-state index is 12.9. The molecule has 2 aromatic rings. The summed E-state index contributed by atoms with van der Waals surface area (Å²) in [5.74, 6) is 0.261. The Kier molecular flexibility index (Phi) is 7.79. The van der Waals surface area contributed by atoms with Crippen LogP contribution in [-0.4, -0.2) is 36.9 Å². The zero-order valence-electron chi connectivity index (χ0n) is 15.7. The summed E-state index contributed by atoms with van der Waals surface area (Å²) in [6, 6.07) is 13.7. The molecule has 0 radical (unpaired) electrons. The Labute approximate surface area is 159 Å². The van der Waals surface area contributed by atoms with Gasteiger partial charge in [-0.2, -0.15) is 0 Å². The first-order chi connectivity index (χ1) is 13.0. The van der Waals surface area contributed by atoms with Crippen LogP contribution in [0.1, 0.15) is 24.5 Å². The molecule has 0 unspecified atom stereocenters. The lowest BCUT2D eigenvalue weighted by molar-refractivity contribution is -0.129. The minimum atomic E-state index is -0.307. The summed E-state index contributed by atoms with van der Waals surface area (Å²) in [6.45, 7) is 2.73. The summed E-state index contributed by atoms with van der Waals surface area (Å²) in [4.78, 5) is 25.5. The van der Waals surface area contributed by atoms with Crippen LogP contribution < -0.4 is 10.1 Å². The predicted octanol–water partition coefficient (Wildman–Crippen LogP) is 2.93. The Morgan fingerprint density at radius 1 is 1.07 bits per heavy atom. The molecule has 1 N–H and O–H groups in total. The van der Waals surface area contributed by atoms with E-state index in [4.69, 9.17) is 4.74 Å². The number of methoxy groups -OCH3 is 1. The molecule has 27 heavy (non-hydrogen) atoms. The highest BCUT2D eigenvalue weighted by Crippen LogP contribution is 2.13. The highest BCUT2D eigenvalue weighted by Gasteiger charge is 2.11. The van der Waals surface area contributed by atoms with E-state index in [0.717, 1.165) is 16.9 Å². The second kappa shape index (κ2) is 10.3. The van der Waals surface area contributed by atoms with Crippen LogP contribution in [0.15, 0.2) is 48.5 Å². The van der Waals surface area contributed by atoms with Crippen LogP contribution in [0.4, 0.5) is 4.39 Å². The largest absolute Gasteiger partial charge is 0.497 e. The minimum Gasteiger partial charge on any atom is -0.497 e. The summed E-state index contributed by atoms with van der Waals surface area (Å²) < 4.78 is 18.1. The van der Waals surface area contributed by atoms with E-state index >= 15 is 0 Å². The maximum absolute atomic E-state index is 12.9. The molecule has 0 saturated heterocycles. The third-order valence-electron chi connectivity index (χ3n) is 4.26. The first-order valence-electron chi connectivity index (χ1n) is 8.87. The van der Waals surface area contributed by atoms with Crippen LogP contribution in [0.2, 0.25) is 0 Å². The zero-order valence-corrected chi connectivity index (χ0v) is 15.7. The lowest BCUT2D eigenvalue weighted by Crippen LogP contribution is -2.35. The maximum Gasteiger partial charge on any atom is 0.222 e. The predicted molar refractivity (Wildman–Crippen MR) is 102 cm³/mol. The number of carbonyl (C=O) groups is 2. The number of hydrogen-bond donors (Lipinski definition) is 1. The molecule has 2 rings (SSSR count). The summed E-state index contributed by atoms with van der Waals surface area (Å²) in [5.41, 5.74) is 1.90. The third-order valence-corrected chi connectivity index (χ3v) is 4.26. The molecule has 0 aliphatic carbocycles. The lowest BCUT2D eigenvalue weighted by Gasteiger charge is -2.21. The Hall–Kier alpha value is -2.89. The van der Waals surface area contributed by atoms with E-state index < -0.39 is 0 Å². The first kappa shape index (κ1) is 20.4. The molecule has 5 nitrogen and oxygen atoms in total. The number of benzene rings is 2. The van der Waals surface area contributed by atoms with Gasteiger partial charge in [-0.25, -0.2) is 4.39 Å². The fourth-order valence-corrected chi connectivity index (χ4v) is 2.65. The number of rotatable bonds is 9. The summed E-state index contributed by atoms with van der Waals surface area (Å²) in [7, 11) is 1.62. The van der Waals surface area contributed by atoms with Gasteiger partial charge in [0, 0.05) is 33.0 Å². The molecule has 0 bridgehead atoms. The van der Waals surface area contributed by atoms with E-state index in [9.17, 15) is 14.0 Å². The first-order valence-corrected chi connectivity index (χ1v) is 8.87. The van der Waals surface area contributed by atoms with Crippen LogP contribution >= 0.6 is 0 Å². The van der Waals surface area contributed by atoms with Gasteiger partial charge in [-0.3, -0.25) is 9.59 Å². The Balaban J connectivity index is 1.78. The van der Waals surface area contributed by atoms with Gasteiger partial charge in [-0.1, -0.05) is 24.3 Å². The average molecular weight is 372 g/mol. The standard InChI is InChI=1S/C21H25FN2O3/c1-16(25)24(12-10-17-4-3-5-20(14-17)27-2)13-11-21(26)23-15-18-6-8-19(22)9-7-18/h3-9,14H,10-13,15H2,1-2H3,(H,23,26). The highest BCUT2D eigenvalue weighted by atomic mass is 19.1.